The fraction of sp³-hybridized carbons (Fsp3) is 0.714. The molecule has 1 aliphatic heterocycles. The quantitative estimate of drug-likeness (QED) is 0.521. The molecule has 0 aliphatic carbocycles. The Kier molecular flexibility index (Phi) is 20.3. The summed E-state index contributed by atoms with van der Waals surface area (Å²) in [6.07, 6.45) is 1.70. The Labute approximate surface area is 62.5 Å². The van der Waals surface area contributed by atoms with Crippen LogP contribution in [0.1, 0.15) is 27.7 Å². The van der Waals surface area contributed by atoms with E-state index in [1.165, 1.54) is 0 Å². The normalized spacial score (nSPS) is 12.0. The summed E-state index contributed by atoms with van der Waals surface area (Å²) in [6, 6.07) is 0. The zero-order valence-electron chi connectivity index (χ0n) is 6.68. The highest BCUT2D eigenvalue weighted by atomic mass is 32.2. The van der Waals surface area contributed by atoms with E-state index in [-0.39, 0.29) is 0 Å². The first-order valence-electron chi connectivity index (χ1n) is 3.38. The predicted octanol–water partition coefficient (Wildman–Crippen LogP) is 3.23. The van der Waals surface area contributed by atoms with Crippen LogP contribution in [0.2, 0.25) is 0 Å². The average molecular weight is 148 g/mol. The van der Waals surface area contributed by atoms with E-state index in [1.54, 1.807) is 18.0 Å². The summed E-state index contributed by atoms with van der Waals surface area (Å²) in [7, 11) is 0. The second kappa shape index (κ2) is 15.7. The van der Waals surface area contributed by atoms with E-state index in [4.69, 9.17) is 4.74 Å². The molecular formula is C7H16OS. The molecular weight excluding hydrogens is 132 g/mol. The summed E-state index contributed by atoms with van der Waals surface area (Å²) in [5, 5.41) is 1.93. The second-order valence-electron chi connectivity index (χ2n) is 0.723. The minimum atomic E-state index is 0.806. The Balaban J connectivity index is 0. The molecule has 0 aromatic rings. The molecule has 0 aromatic heterocycles. The monoisotopic (exact) mass is 148 g/mol. The van der Waals surface area contributed by atoms with Gasteiger partial charge in [0.1, 0.15) is 5.94 Å². The molecule has 0 fully saturated rings. The fourth-order valence-electron chi connectivity index (χ4n) is 0.196. The van der Waals surface area contributed by atoms with E-state index in [0.717, 1.165) is 5.94 Å². The van der Waals surface area contributed by atoms with Crippen LogP contribution in [-0.4, -0.2) is 5.94 Å². The third-order valence-electron chi connectivity index (χ3n) is 0.384. The number of rotatable bonds is 0. The van der Waals surface area contributed by atoms with Crippen LogP contribution in [0.5, 0.6) is 0 Å². The SMILES string of the molecule is C1=CSCO1.CC.CC. The summed E-state index contributed by atoms with van der Waals surface area (Å²) < 4.78 is 4.73. The molecule has 1 rings (SSSR count). The van der Waals surface area contributed by atoms with Crippen LogP contribution in [0.25, 0.3) is 0 Å². The molecule has 2 heteroatoms. The van der Waals surface area contributed by atoms with E-state index < -0.39 is 0 Å². The molecule has 56 valence electrons. The summed E-state index contributed by atoms with van der Waals surface area (Å²) >= 11 is 1.67. The van der Waals surface area contributed by atoms with Crippen molar-refractivity contribution >= 4 is 11.8 Å². The van der Waals surface area contributed by atoms with Crippen molar-refractivity contribution in [3.63, 3.8) is 0 Å². The first-order chi connectivity index (χ1) is 4.50. The third-order valence-corrected chi connectivity index (χ3v) is 0.960. The van der Waals surface area contributed by atoms with Gasteiger partial charge in [-0.15, -0.1) is 0 Å². The van der Waals surface area contributed by atoms with Gasteiger partial charge in [0.25, 0.3) is 0 Å². The molecule has 0 saturated carbocycles. The maximum absolute atomic E-state index is 4.73. The predicted molar refractivity (Wildman–Crippen MR) is 45.4 cm³/mol. The number of hydrogen-bond donors (Lipinski definition) is 0. The van der Waals surface area contributed by atoms with Gasteiger partial charge < -0.3 is 4.74 Å². The maximum atomic E-state index is 4.73. The van der Waals surface area contributed by atoms with Gasteiger partial charge in [-0.1, -0.05) is 39.5 Å². The van der Waals surface area contributed by atoms with Gasteiger partial charge in [-0.3, -0.25) is 0 Å². The number of ether oxygens (including phenoxy) is 1. The van der Waals surface area contributed by atoms with E-state index in [0.29, 0.717) is 0 Å². The van der Waals surface area contributed by atoms with Gasteiger partial charge in [0.05, 0.1) is 6.26 Å². The molecule has 0 spiro atoms. The third kappa shape index (κ3) is 11.4. The van der Waals surface area contributed by atoms with E-state index in [1.807, 2.05) is 33.1 Å². The summed E-state index contributed by atoms with van der Waals surface area (Å²) in [5.74, 6) is 0.806. The van der Waals surface area contributed by atoms with Crippen LogP contribution in [0.4, 0.5) is 0 Å². The lowest BCUT2D eigenvalue weighted by Gasteiger charge is -1.78. The van der Waals surface area contributed by atoms with Gasteiger partial charge in [0.15, 0.2) is 0 Å². The van der Waals surface area contributed by atoms with Gasteiger partial charge in [-0.25, -0.2) is 0 Å². The molecule has 0 unspecified atom stereocenters. The lowest BCUT2D eigenvalue weighted by Crippen LogP contribution is -1.63. The summed E-state index contributed by atoms with van der Waals surface area (Å²) in [5.41, 5.74) is 0. The number of thioether (sulfide) groups is 1. The minimum Gasteiger partial charge on any atom is -0.490 e. The van der Waals surface area contributed by atoms with Gasteiger partial charge in [0.2, 0.25) is 0 Å². The van der Waals surface area contributed by atoms with Gasteiger partial charge in [-0.05, 0) is 0 Å². The minimum absolute atomic E-state index is 0.806. The highest BCUT2D eigenvalue weighted by molar-refractivity contribution is 8.02. The highest BCUT2D eigenvalue weighted by Gasteiger charge is 1.84. The molecule has 1 aliphatic rings. The molecule has 0 saturated heterocycles. The lowest BCUT2D eigenvalue weighted by molar-refractivity contribution is 0.326. The standard InChI is InChI=1S/C3H4OS.2C2H6/c1-2-5-3-4-1;2*1-2/h1-2H,3H2;2*1-2H3. The van der Waals surface area contributed by atoms with Crippen molar-refractivity contribution < 1.29 is 4.74 Å². The van der Waals surface area contributed by atoms with Gasteiger partial charge in [-0.2, -0.15) is 0 Å². The van der Waals surface area contributed by atoms with Crippen LogP contribution in [0.3, 0.4) is 0 Å². The molecule has 0 aromatic carbocycles. The Morgan fingerprint density at radius 3 is 1.89 bits per heavy atom. The first kappa shape index (κ1) is 11.7. The van der Waals surface area contributed by atoms with Crippen molar-refractivity contribution in [2.24, 2.45) is 0 Å². The van der Waals surface area contributed by atoms with Crippen molar-refractivity contribution in [2.75, 3.05) is 5.94 Å². The van der Waals surface area contributed by atoms with E-state index in [9.17, 15) is 0 Å². The topological polar surface area (TPSA) is 9.23 Å². The van der Waals surface area contributed by atoms with Crippen LogP contribution in [0, 0.1) is 0 Å². The molecule has 0 radical (unpaired) electrons. The van der Waals surface area contributed by atoms with Crippen LogP contribution >= 0.6 is 11.8 Å². The first-order valence-corrected chi connectivity index (χ1v) is 4.43. The molecule has 0 atom stereocenters. The summed E-state index contributed by atoms with van der Waals surface area (Å²) in [4.78, 5) is 0. The van der Waals surface area contributed by atoms with Crippen molar-refractivity contribution in [1.82, 2.24) is 0 Å². The highest BCUT2D eigenvalue weighted by Crippen LogP contribution is 2.08. The van der Waals surface area contributed by atoms with Crippen LogP contribution < -0.4 is 0 Å². The molecule has 0 amide bonds. The van der Waals surface area contributed by atoms with Crippen molar-refractivity contribution in [3.05, 3.63) is 11.7 Å². The maximum Gasteiger partial charge on any atom is 0.137 e. The average Bonchev–Trinajstić information content (AvgIpc) is 2.51. The smallest absolute Gasteiger partial charge is 0.137 e. The van der Waals surface area contributed by atoms with Crippen LogP contribution in [-0.2, 0) is 4.74 Å². The van der Waals surface area contributed by atoms with Gasteiger partial charge >= 0.3 is 0 Å². The lowest BCUT2D eigenvalue weighted by atomic mass is 11.0. The van der Waals surface area contributed by atoms with E-state index in [2.05, 4.69) is 0 Å². The Hall–Kier alpha value is -0.110. The largest absolute Gasteiger partial charge is 0.490 e. The van der Waals surface area contributed by atoms with Crippen molar-refractivity contribution in [3.8, 4) is 0 Å². The molecule has 9 heavy (non-hydrogen) atoms. The molecule has 1 nitrogen and oxygen atoms in total. The number of hydrogen-bond acceptors (Lipinski definition) is 2. The molecule has 1 heterocycles. The van der Waals surface area contributed by atoms with Crippen molar-refractivity contribution in [1.29, 1.82) is 0 Å². The Bertz CT molecular complexity index is 46.9. The Morgan fingerprint density at radius 1 is 1.22 bits per heavy atom. The Morgan fingerprint density at radius 2 is 1.78 bits per heavy atom. The fourth-order valence-corrected chi connectivity index (χ4v) is 0.589. The zero-order chi connectivity index (χ0) is 7.54. The molecule has 0 bridgehead atoms. The van der Waals surface area contributed by atoms with E-state index >= 15 is 0 Å². The zero-order valence-corrected chi connectivity index (χ0v) is 7.49. The van der Waals surface area contributed by atoms with Crippen molar-refractivity contribution in [2.45, 2.75) is 27.7 Å². The van der Waals surface area contributed by atoms with Gasteiger partial charge in [0, 0.05) is 5.41 Å². The van der Waals surface area contributed by atoms with Crippen LogP contribution in [0.15, 0.2) is 11.7 Å². The molecule has 0 N–H and O–H groups in total. The summed E-state index contributed by atoms with van der Waals surface area (Å²) in [6.45, 7) is 8.00. The second-order valence-corrected chi connectivity index (χ2v) is 1.56.